The Morgan fingerprint density at radius 2 is 2.20 bits per heavy atom. The fraction of sp³-hybridized carbons (Fsp3) is 0.267. The molecule has 0 fully saturated rings. The van der Waals surface area contributed by atoms with Gasteiger partial charge in [-0.1, -0.05) is 12.1 Å². The zero-order valence-corrected chi connectivity index (χ0v) is 11.1. The number of aliphatic hydroxyl groups is 1. The molecule has 0 saturated heterocycles. The zero-order valence-electron chi connectivity index (χ0n) is 11.1. The summed E-state index contributed by atoms with van der Waals surface area (Å²) < 4.78 is 10.7. The number of hydrogen-bond donors (Lipinski definition) is 2. The molecule has 1 heterocycles. The van der Waals surface area contributed by atoms with Crippen LogP contribution in [-0.4, -0.2) is 23.4 Å². The second-order valence-electron chi connectivity index (χ2n) is 4.21. The number of aliphatic hydroxyl groups excluding tert-OH is 1. The molecule has 0 bridgehead atoms. The number of para-hydroxylation sites is 1. The molecule has 0 amide bonds. The molecule has 0 aliphatic rings. The van der Waals surface area contributed by atoms with Crippen LogP contribution in [0.5, 0.6) is 11.5 Å². The van der Waals surface area contributed by atoms with Crippen LogP contribution in [0.3, 0.4) is 0 Å². The molecule has 0 atom stereocenters. The van der Waals surface area contributed by atoms with Crippen LogP contribution >= 0.6 is 0 Å². The van der Waals surface area contributed by atoms with Crippen LogP contribution in [0.25, 0.3) is 17.0 Å². The lowest BCUT2D eigenvalue weighted by molar-refractivity contribution is 0.233. The summed E-state index contributed by atoms with van der Waals surface area (Å²) in [6.07, 6.45) is 3.63. The van der Waals surface area contributed by atoms with Gasteiger partial charge in [-0.3, -0.25) is 0 Å². The highest BCUT2D eigenvalue weighted by atomic mass is 16.5. The van der Waals surface area contributed by atoms with Gasteiger partial charge in [-0.15, -0.1) is 0 Å². The summed E-state index contributed by atoms with van der Waals surface area (Å²) >= 11 is 0. The topological polar surface area (TPSA) is 79.9 Å². The summed E-state index contributed by atoms with van der Waals surface area (Å²) in [5, 5.41) is 19.3. The number of ether oxygens (including phenoxy) is 1. The molecule has 0 saturated carbocycles. The van der Waals surface area contributed by atoms with Gasteiger partial charge in [0.1, 0.15) is 11.3 Å². The minimum Gasteiger partial charge on any atom is -0.506 e. The number of rotatable bonds is 5. The lowest BCUT2D eigenvalue weighted by Gasteiger charge is -2.09. The normalized spacial score (nSPS) is 11.3. The highest BCUT2D eigenvalue weighted by molar-refractivity contribution is 5.90. The molecule has 0 radical (unpaired) electrons. The standard InChI is InChI=1S/C15H16O5/c1-2-5-11-13(17)10-6-3-7-12(19-9-4-8-16)14(10)20-15(11)18/h2-3,5-7,16-17H,4,8-9H2,1H3. The molecule has 0 aliphatic heterocycles. The Kier molecular flexibility index (Phi) is 4.42. The van der Waals surface area contributed by atoms with Crippen molar-refractivity contribution < 1.29 is 19.4 Å². The van der Waals surface area contributed by atoms with Crippen molar-refractivity contribution in [2.75, 3.05) is 13.2 Å². The van der Waals surface area contributed by atoms with E-state index in [9.17, 15) is 9.90 Å². The van der Waals surface area contributed by atoms with Gasteiger partial charge in [0.05, 0.1) is 12.0 Å². The molecule has 0 aliphatic carbocycles. The number of benzene rings is 1. The summed E-state index contributed by atoms with van der Waals surface area (Å²) in [5.74, 6) is 0.248. The SMILES string of the molecule is CC=Cc1c(O)c2cccc(OCCCO)c2oc1=O. The summed E-state index contributed by atoms with van der Waals surface area (Å²) in [6, 6.07) is 5.01. The quantitative estimate of drug-likeness (QED) is 0.647. The van der Waals surface area contributed by atoms with Gasteiger partial charge >= 0.3 is 5.63 Å². The molecule has 2 N–H and O–H groups in total. The van der Waals surface area contributed by atoms with Crippen molar-refractivity contribution in [3.63, 3.8) is 0 Å². The molecule has 0 spiro atoms. The lowest BCUT2D eigenvalue weighted by Crippen LogP contribution is -2.05. The average Bonchev–Trinajstić information content (AvgIpc) is 2.44. The maximum Gasteiger partial charge on any atom is 0.347 e. The maximum atomic E-state index is 11.9. The van der Waals surface area contributed by atoms with Crippen LogP contribution in [0.4, 0.5) is 0 Å². The molecule has 5 nitrogen and oxygen atoms in total. The van der Waals surface area contributed by atoms with Gasteiger partial charge in [0.15, 0.2) is 11.3 Å². The molecular weight excluding hydrogens is 260 g/mol. The van der Waals surface area contributed by atoms with Gasteiger partial charge < -0.3 is 19.4 Å². The number of allylic oxidation sites excluding steroid dienone is 1. The van der Waals surface area contributed by atoms with E-state index in [0.717, 1.165) is 0 Å². The molecule has 5 heteroatoms. The second-order valence-corrected chi connectivity index (χ2v) is 4.21. The van der Waals surface area contributed by atoms with Crippen molar-refractivity contribution in [3.8, 4) is 11.5 Å². The fourth-order valence-corrected chi connectivity index (χ4v) is 1.87. The molecule has 106 valence electrons. The van der Waals surface area contributed by atoms with E-state index in [4.69, 9.17) is 14.3 Å². The van der Waals surface area contributed by atoms with Gasteiger partial charge in [-0.05, 0) is 25.1 Å². The molecule has 1 aromatic carbocycles. The van der Waals surface area contributed by atoms with Gasteiger partial charge in [0.2, 0.25) is 0 Å². The minimum absolute atomic E-state index is 0.0193. The number of aromatic hydroxyl groups is 1. The Balaban J connectivity index is 2.56. The third kappa shape index (κ3) is 2.67. The molecule has 0 unspecified atom stereocenters. The van der Waals surface area contributed by atoms with Crippen molar-refractivity contribution in [3.05, 3.63) is 40.3 Å². The van der Waals surface area contributed by atoms with Crippen LogP contribution in [0.2, 0.25) is 0 Å². The van der Waals surface area contributed by atoms with Crippen LogP contribution < -0.4 is 10.4 Å². The summed E-state index contributed by atoms with van der Waals surface area (Å²) in [5.41, 5.74) is -0.292. The maximum absolute atomic E-state index is 11.9. The minimum atomic E-state index is -0.619. The number of fused-ring (bicyclic) bond motifs is 1. The first kappa shape index (κ1) is 14.1. The van der Waals surface area contributed by atoms with E-state index >= 15 is 0 Å². The highest BCUT2D eigenvalue weighted by Crippen LogP contribution is 2.32. The molecule has 20 heavy (non-hydrogen) atoms. The first-order chi connectivity index (χ1) is 9.69. The van der Waals surface area contributed by atoms with Gasteiger partial charge in [0.25, 0.3) is 0 Å². The monoisotopic (exact) mass is 276 g/mol. The van der Waals surface area contributed by atoms with Gasteiger partial charge in [-0.25, -0.2) is 4.79 Å². The van der Waals surface area contributed by atoms with Gasteiger partial charge in [0, 0.05) is 13.0 Å². The van der Waals surface area contributed by atoms with E-state index in [1.807, 2.05) is 0 Å². The van der Waals surface area contributed by atoms with Crippen molar-refractivity contribution in [2.45, 2.75) is 13.3 Å². The van der Waals surface area contributed by atoms with E-state index in [1.54, 1.807) is 31.2 Å². The third-order valence-corrected chi connectivity index (χ3v) is 2.80. The van der Waals surface area contributed by atoms with Crippen molar-refractivity contribution in [2.24, 2.45) is 0 Å². The number of hydrogen-bond acceptors (Lipinski definition) is 5. The van der Waals surface area contributed by atoms with E-state index < -0.39 is 5.63 Å². The van der Waals surface area contributed by atoms with E-state index in [0.29, 0.717) is 24.2 Å². The van der Waals surface area contributed by atoms with Crippen molar-refractivity contribution in [1.82, 2.24) is 0 Å². The molecule has 2 aromatic rings. The van der Waals surface area contributed by atoms with E-state index in [2.05, 4.69) is 0 Å². The van der Waals surface area contributed by atoms with Gasteiger partial charge in [-0.2, -0.15) is 0 Å². The fourth-order valence-electron chi connectivity index (χ4n) is 1.87. The Labute approximate surface area is 115 Å². The predicted molar refractivity (Wildman–Crippen MR) is 76.1 cm³/mol. The Morgan fingerprint density at radius 3 is 2.90 bits per heavy atom. The smallest absolute Gasteiger partial charge is 0.347 e. The largest absolute Gasteiger partial charge is 0.506 e. The predicted octanol–water partition coefficient (Wildman–Crippen LogP) is 2.29. The van der Waals surface area contributed by atoms with Crippen molar-refractivity contribution >= 4 is 17.0 Å². The Bertz CT molecular complexity index is 684. The first-order valence-electron chi connectivity index (χ1n) is 6.34. The summed E-state index contributed by atoms with van der Waals surface area (Å²) in [4.78, 5) is 11.9. The molecule has 1 aromatic heterocycles. The van der Waals surface area contributed by atoms with E-state index in [-0.39, 0.29) is 23.5 Å². The Hall–Kier alpha value is -2.27. The Morgan fingerprint density at radius 1 is 1.40 bits per heavy atom. The average molecular weight is 276 g/mol. The zero-order chi connectivity index (χ0) is 14.5. The van der Waals surface area contributed by atoms with Crippen LogP contribution in [-0.2, 0) is 0 Å². The van der Waals surface area contributed by atoms with Crippen LogP contribution in [0.15, 0.2) is 33.5 Å². The lowest BCUT2D eigenvalue weighted by atomic mass is 10.1. The van der Waals surface area contributed by atoms with E-state index in [1.165, 1.54) is 6.08 Å². The first-order valence-corrected chi connectivity index (χ1v) is 6.34. The highest BCUT2D eigenvalue weighted by Gasteiger charge is 2.14. The molecular formula is C15H16O5. The summed E-state index contributed by atoms with van der Waals surface area (Å²) in [7, 11) is 0. The van der Waals surface area contributed by atoms with Crippen LogP contribution in [0, 0.1) is 0 Å². The molecule has 2 rings (SSSR count). The van der Waals surface area contributed by atoms with Crippen LogP contribution in [0.1, 0.15) is 18.9 Å². The third-order valence-electron chi connectivity index (χ3n) is 2.80. The van der Waals surface area contributed by atoms with Crippen molar-refractivity contribution in [1.29, 1.82) is 0 Å². The second kappa shape index (κ2) is 6.25. The summed E-state index contributed by atoms with van der Waals surface area (Å²) in [6.45, 7) is 2.07.